The molecule has 0 spiro atoms. The molecule has 2 saturated heterocycles. The third-order valence-corrected chi connectivity index (χ3v) is 4.92. The number of nitrogens with zero attached hydrogens (tertiary/aromatic N) is 2. The summed E-state index contributed by atoms with van der Waals surface area (Å²) in [6.45, 7) is 4.39. The Bertz CT molecular complexity index is 443. The first kappa shape index (κ1) is 12.9. The molecule has 3 rings (SSSR count). The fraction of sp³-hybridized carbons (Fsp3) is 0.625. The van der Waals surface area contributed by atoms with Crippen LogP contribution in [0.3, 0.4) is 0 Å². The lowest BCUT2D eigenvalue weighted by atomic mass is 10.0. The van der Waals surface area contributed by atoms with Crippen molar-refractivity contribution in [2.75, 3.05) is 25.0 Å². The SMILES string of the molecule is CC(N)c1ccccc1N1CCC2CCC(C1)N2C. The highest BCUT2D eigenvalue weighted by molar-refractivity contribution is 5.55. The molecule has 104 valence electrons. The van der Waals surface area contributed by atoms with Crippen LogP contribution in [0.15, 0.2) is 24.3 Å². The topological polar surface area (TPSA) is 32.5 Å². The molecule has 0 aliphatic carbocycles. The summed E-state index contributed by atoms with van der Waals surface area (Å²) in [6.07, 6.45) is 4.00. The van der Waals surface area contributed by atoms with Crippen LogP contribution in [0.1, 0.15) is 37.8 Å². The van der Waals surface area contributed by atoms with E-state index in [0.29, 0.717) is 6.04 Å². The van der Waals surface area contributed by atoms with Crippen LogP contribution in [0.2, 0.25) is 0 Å². The maximum absolute atomic E-state index is 6.13. The quantitative estimate of drug-likeness (QED) is 0.885. The van der Waals surface area contributed by atoms with E-state index in [2.05, 4.69) is 48.0 Å². The molecular weight excluding hydrogens is 234 g/mol. The summed E-state index contributed by atoms with van der Waals surface area (Å²) in [5, 5.41) is 0. The molecule has 2 N–H and O–H groups in total. The van der Waals surface area contributed by atoms with Crippen molar-refractivity contribution < 1.29 is 0 Å². The summed E-state index contributed by atoms with van der Waals surface area (Å²) in [5.41, 5.74) is 8.75. The molecule has 2 heterocycles. The van der Waals surface area contributed by atoms with E-state index in [1.165, 1.54) is 30.5 Å². The molecule has 3 nitrogen and oxygen atoms in total. The van der Waals surface area contributed by atoms with Crippen molar-refractivity contribution in [2.45, 2.75) is 44.3 Å². The van der Waals surface area contributed by atoms with Crippen molar-refractivity contribution in [3.63, 3.8) is 0 Å². The lowest BCUT2D eigenvalue weighted by molar-refractivity contribution is 0.254. The van der Waals surface area contributed by atoms with Gasteiger partial charge >= 0.3 is 0 Å². The van der Waals surface area contributed by atoms with Gasteiger partial charge in [-0.05, 0) is 44.9 Å². The first-order valence-corrected chi connectivity index (χ1v) is 7.48. The van der Waals surface area contributed by atoms with Crippen molar-refractivity contribution in [1.29, 1.82) is 0 Å². The molecule has 2 aliphatic rings. The highest BCUT2D eigenvalue weighted by Crippen LogP contribution is 2.33. The number of likely N-dealkylation sites (N-methyl/N-ethyl adjacent to an activating group) is 1. The van der Waals surface area contributed by atoms with E-state index in [1.54, 1.807) is 0 Å². The number of hydrogen-bond donors (Lipinski definition) is 1. The summed E-state index contributed by atoms with van der Waals surface area (Å²) in [7, 11) is 2.29. The van der Waals surface area contributed by atoms with Gasteiger partial charge in [0.1, 0.15) is 0 Å². The predicted molar refractivity (Wildman–Crippen MR) is 80.4 cm³/mol. The molecule has 0 aromatic heterocycles. The molecule has 0 saturated carbocycles. The van der Waals surface area contributed by atoms with Gasteiger partial charge in [0.15, 0.2) is 0 Å². The van der Waals surface area contributed by atoms with Crippen LogP contribution in [-0.4, -0.2) is 37.1 Å². The second-order valence-electron chi connectivity index (χ2n) is 6.13. The lowest BCUT2D eigenvalue weighted by Gasteiger charge is -2.30. The predicted octanol–water partition coefficient (Wildman–Crippen LogP) is 2.38. The molecule has 0 amide bonds. The number of nitrogens with two attached hydrogens (primary N) is 1. The average Bonchev–Trinajstić information content (AvgIpc) is 2.63. The molecule has 2 aliphatic heterocycles. The van der Waals surface area contributed by atoms with Crippen LogP contribution in [0.5, 0.6) is 0 Å². The maximum Gasteiger partial charge on any atom is 0.0415 e. The smallest absolute Gasteiger partial charge is 0.0415 e. The molecule has 2 fully saturated rings. The fourth-order valence-electron chi connectivity index (χ4n) is 3.69. The van der Waals surface area contributed by atoms with Gasteiger partial charge in [-0.25, -0.2) is 0 Å². The van der Waals surface area contributed by atoms with Crippen LogP contribution in [0.25, 0.3) is 0 Å². The van der Waals surface area contributed by atoms with Crippen LogP contribution in [0, 0.1) is 0 Å². The van der Waals surface area contributed by atoms with E-state index in [0.717, 1.165) is 19.1 Å². The minimum atomic E-state index is 0.106. The highest BCUT2D eigenvalue weighted by Gasteiger charge is 2.35. The van der Waals surface area contributed by atoms with Gasteiger partial charge in [-0.2, -0.15) is 0 Å². The number of fused-ring (bicyclic) bond motifs is 2. The monoisotopic (exact) mass is 259 g/mol. The average molecular weight is 259 g/mol. The van der Waals surface area contributed by atoms with Crippen molar-refractivity contribution in [3.05, 3.63) is 29.8 Å². The van der Waals surface area contributed by atoms with Gasteiger partial charge in [-0.1, -0.05) is 18.2 Å². The minimum absolute atomic E-state index is 0.106. The summed E-state index contributed by atoms with van der Waals surface area (Å²) >= 11 is 0. The number of hydrogen-bond acceptors (Lipinski definition) is 3. The largest absolute Gasteiger partial charge is 0.370 e. The fourth-order valence-corrected chi connectivity index (χ4v) is 3.69. The number of para-hydroxylation sites is 1. The Morgan fingerprint density at radius 1 is 1.16 bits per heavy atom. The minimum Gasteiger partial charge on any atom is -0.370 e. The molecule has 3 heteroatoms. The van der Waals surface area contributed by atoms with Crippen LogP contribution >= 0.6 is 0 Å². The third kappa shape index (κ3) is 2.37. The number of anilines is 1. The standard InChI is InChI=1S/C16H25N3/c1-12(17)15-5-3-4-6-16(15)19-10-9-13-7-8-14(11-19)18(13)2/h3-6,12-14H,7-11,17H2,1-2H3. The van der Waals surface area contributed by atoms with E-state index < -0.39 is 0 Å². The van der Waals surface area contributed by atoms with Crippen molar-refractivity contribution >= 4 is 5.69 Å². The molecular formula is C16H25N3. The molecule has 2 bridgehead atoms. The summed E-state index contributed by atoms with van der Waals surface area (Å²) < 4.78 is 0. The Balaban J connectivity index is 1.87. The summed E-state index contributed by atoms with van der Waals surface area (Å²) in [4.78, 5) is 5.15. The second-order valence-corrected chi connectivity index (χ2v) is 6.13. The van der Waals surface area contributed by atoms with E-state index in [-0.39, 0.29) is 6.04 Å². The van der Waals surface area contributed by atoms with E-state index >= 15 is 0 Å². The summed E-state index contributed by atoms with van der Waals surface area (Å²) in [6, 6.07) is 10.2. The van der Waals surface area contributed by atoms with Crippen molar-refractivity contribution in [1.82, 2.24) is 4.90 Å². The summed E-state index contributed by atoms with van der Waals surface area (Å²) in [5.74, 6) is 0. The van der Waals surface area contributed by atoms with Crippen molar-refractivity contribution in [2.24, 2.45) is 5.73 Å². The molecule has 0 radical (unpaired) electrons. The van der Waals surface area contributed by atoms with Gasteiger partial charge in [0.25, 0.3) is 0 Å². The Kier molecular flexibility index (Phi) is 3.50. The zero-order valence-electron chi connectivity index (χ0n) is 12.0. The second kappa shape index (κ2) is 5.14. The zero-order chi connectivity index (χ0) is 13.4. The van der Waals surface area contributed by atoms with E-state index in [9.17, 15) is 0 Å². The number of rotatable bonds is 2. The Morgan fingerprint density at radius 2 is 1.89 bits per heavy atom. The highest BCUT2D eigenvalue weighted by atomic mass is 15.3. The van der Waals surface area contributed by atoms with Gasteiger partial charge in [0.2, 0.25) is 0 Å². The maximum atomic E-state index is 6.13. The Labute approximate surface area is 116 Å². The molecule has 3 unspecified atom stereocenters. The zero-order valence-corrected chi connectivity index (χ0v) is 12.0. The van der Waals surface area contributed by atoms with Crippen LogP contribution in [0.4, 0.5) is 5.69 Å². The van der Waals surface area contributed by atoms with Gasteiger partial charge in [0, 0.05) is 36.9 Å². The molecule has 19 heavy (non-hydrogen) atoms. The molecule has 1 aromatic carbocycles. The lowest BCUT2D eigenvalue weighted by Crippen LogP contribution is -2.37. The van der Waals surface area contributed by atoms with Crippen LogP contribution in [-0.2, 0) is 0 Å². The van der Waals surface area contributed by atoms with Gasteiger partial charge < -0.3 is 10.6 Å². The van der Waals surface area contributed by atoms with Crippen molar-refractivity contribution in [3.8, 4) is 0 Å². The van der Waals surface area contributed by atoms with E-state index in [1.807, 2.05) is 0 Å². The molecule has 1 aromatic rings. The third-order valence-electron chi connectivity index (χ3n) is 4.92. The van der Waals surface area contributed by atoms with Gasteiger partial charge in [0.05, 0.1) is 0 Å². The Hall–Kier alpha value is -1.06. The normalized spacial score (nSPS) is 29.3. The molecule has 3 atom stereocenters. The van der Waals surface area contributed by atoms with Gasteiger partial charge in [-0.3, -0.25) is 4.90 Å². The van der Waals surface area contributed by atoms with Gasteiger partial charge in [-0.15, -0.1) is 0 Å². The Morgan fingerprint density at radius 3 is 2.68 bits per heavy atom. The van der Waals surface area contributed by atoms with Crippen LogP contribution < -0.4 is 10.6 Å². The van der Waals surface area contributed by atoms with E-state index in [4.69, 9.17) is 5.73 Å². The number of benzene rings is 1. The first-order chi connectivity index (χ1) is 9.16. The first-order valence-electron chi connectivity index (χ1n) is 7.48.